The van der Waals surface area contributed by atoms with Gasteiger partial charge in [-0.05, 0) is 31.0 Å². The zero-order valence-corrected chi connectivity index (χ0v) is 12.8. The number of rotatable bonds is 10. The summed E-state index contributed by atoms with van der Waals surface area (Å²) in [6.07, 6.45) is 14.2. The molecule has 1 unspecified atom stereocenters. The minimum atomic E-state index is 0.243. The van der Waals surface area contributed by atoms with Gasteiger partial charge in [-0.25, -0.2) is 0 Å². The van der Waals surface area contributed by atoms with Crippen molar-refractivity contribution in [2.24, 2.45) is 0 Å². The second-order valence-corrected chi connectivity index (χ2v) is 4.78. The van der Waals surface area contributed by atoms with Gasteiger partial charge in [0.2, 0.25) is 0 Å². The van der Waals surface area contributed by atoms with Crippen molar-refractivity contribution < 1.29 is 9.47 Å². The summed E-state index contributed by atoms with van der Waals surface area (Å²) in [5, 5.41) is 0. The fraction of sp³-hybridized carbons (Fsp3) is 0.529. The van der Waals surface area contributed by atoms with Crippen LogP contribution in [0, 0.1) is 0 Å². The van der Waals surface area contributed by atoms with Crippen LogP contribution in [0.5, 0.6) is 0 Å². The smallest absolute Gasteiger partial charge is 0.1000 e. The van der Waals surface area contributed by atoms with Crippen LogP contribution in [0.1, 0.15) is 19.8 Å². The first kappa shape index (κ1) is 16.7. The van der Waals surface area contributed by atoms with Gasteiger partial charge in [-0.15, -0.1) is 6.58 Å². The Hall–Kier alpha value is -1.32. The minimum absolute atomic E-state index is 0.243. The highest BCUT2D eigenvalue weighted by Gasteiger charge is 2.09. The molecule has 112 valence electrons. The standard InChI is InChI=1S/C17H27NO2/c1-4-6-7-13-20-14-12-18(5-2)15-16-8-10-17(19-3)11-9-16/h4,7-10,13,17H,1,5-6,11-12,14-15H2,2-3H3/b13-7-. The summed E-state index contributed by atoms with van der Waals surface area (Å²) in [7, 11) is 1.75. The second kappa shape index (κ2) is 10.5. The van der Waals surface area contributed by atoms with E-state index in [1.54, 1.807) is 13.4 Å². The molecular formula is C17H27NO2. The predicted molar refractivity (Wildman–Crippen MR) is 84.7 cm³/mol. The molecule has 0 aromatic heterocycles. The number of ether oxygens (including phenoxy) is 2. The van der Waals surface area contributed by atoms with Crippen LogP contribution < -0.4 is 0 Å². The Bertz CT molecular complexity index is 358. The van der Waals surface area contributed by atoms with E-state index in [4.69, 9.17) is 9.47 Å². The van der Waals surface area contributed by atoms with Crippen molar-refractivity contribution in [3.63, 3.8) is 0 Å². The van der Waals surface area contributed by atoms with Crippen molar-refractivity contribution in [1.82, 2.24) is 4.90 Å². The van der Waals surface area contributed by atoms with Gasteiger partial charge in [0, 0.05) is 20.2 Å². The summed E-state index contributed by atoms with van der Waals surface area (Å²) >= 11 is 0. The zero-order chi connectivity index (χ0) is 14.6. The normalized spacial score (nSPS) is 18.6. The fourth-order valence-corrected chi connectivity index (χ4v) is 2.01. The lowest BCUT2D eigenvalue weighted by Gasteiger charge is -2.22. The minimum Gasteiger partial charge on any atom is -0.500 e. The Morgan fingerprint density at radius 2 is 2.35 bits per heavy atom. The lowest BCUT2D eigenvalue weighted by atomic mass is 10.0. The van der Waals surface area contributed by atoms with Crippen molar-refractivity contribution >= 4 is 0 Å². The molecule has 0 aliphatic heterocycles. The Kier molecular flexibility index (Phi) is 8.76. The van der Waals surface area contributed by atoms with Crippen molar-refractivity contribution in [2.45, 2.75) is 25.9 Å². The summed E-state index contributed by atoms with van der Waals surface area (Å²) in [6, 6.07) is 0. The van der Waals surface area contributed by atoms with Gasteiger partial charge in [0.25, 0.3) is 0 Å². The van der Waals surface area contributed by atoms with E-state index in [9.17, 15) is 0 Å². The van der Waals surface area contributed by atoms with E-state index >= 15 is 0 Å². The summed E-state index contributed by atoms with van der Waals surface area (Å²) in [5.74, 6) is 0. The van der Waals surface area contributed by atoms with Crippen molar-refractivity contribution in [3.05, 3.63) is 48.8 Å². The quantitative estimate of drug-likeness (QED) is 0.347. The van der Waals surface area contributed by atoms with Crippen LogP contribution in [-0.2, 0) is 9.47 Å². The van der Waals surface area contributed by atoms with Crippen molar-refractivity contribution in [2.75, 3.05) is 33.4 Å². The molecule has 0 bridgehead atoms. The monoisotopic (exact) mass is 277 g/mol. The van der Waals surface area contributed by atoms with Crippen LogP contribution in [0.3, 0.4) is 0 Å². The van der Waals surface area contributed by atoms with Crippen molar-refractivity contribution in [1.29, 1.82) is 0 Å². The second-order valence-electron chi connectivity index (χ2n) is 4.78. The fourth-order valence-electron chi connectivity index (χ4n) is 2.01. The Balaban J connectivity index is 2.24. The van der Waals surface area contributed by atoms with E-state index in [-0.39, 0.29) is 6.10 Å². The molecule has 3 nitrogen and oxygen atoms in total. The molecule has 0 aromatic carbocycles. The van der Waals surface area contributed by atoms with Crippen LogP contribution in [-0.4, -0.2) is 44.4 Å². The number of nitrogens with zero attached hydrogens (tertiary/aromatic N) is 1. The molecule has 0 radical (unpaired) electrons. The zero-order valence-electron chi connectivity index (χ0n) is 12.8. The Morgan fingerprint density at radius 3 is 2.95 bits per heavy atom. The van der Waals surface area contributed by atoms with Gasteiger partial charge < -0.3 is 9.47 Å². The van der Waals surface area contributed by atoms with Gasteiger partial charge in [0.05, 0.1) is 19.0 Å². The highest BCUT2D eigenvalue weighted by molar-refractivity contribution is 5.25. The summed E-state index contributed by atoms with van der Waals surface area (Å²) < 4.78 is 10.8. The highest BCUT2D eigenvalue weighted by atomic mass is 16.5. The lowest BCUT2D eigenvalue weighted by molar-refractivity contribution is 0.141. The number of hydrogen-bond donors (Lipinski definition) is 0. The van der Waals surface area contributed by atoms with Gasteiger partial charge in [0.15, 0.2) is 0 Å². The van der Waals surface area contributed by atoms with Crippen LogP contribution in [0.25, 0.3) is 0 Å². The van der Waals surface area contributed by atoms with E-state index in [0.717, 1.165) is 39.1 Å². The molecule has 1 rings (SSSR count). The third-order valence-electron chi connectivity index (χ3n) is 3.31. The Labute approximate surface area is 123 Å². The average Bonchev–Trinajstić information content (AvgIpc) is 2.50. The van der Waals surface area contributed by atoms with Gasteiger partial charge >= 0.3 is 0 Å². The molecule has 0 spiro atoms. The maximum Gasteiger partial charge on any atom is 0.1000 e. The third kappa shape index (κ3) is 6.73. The van der Waals surface area contributed by atoms with Crippen LogP contribution in [0.2, 0.25) is 0 Å². The summed E-state index contributed by atoms with van der Waals surface area (Å²) in [4.78, 5) is 2.38. The average molecular weight is 277 g/mol. The van der Waals surface area contributed by atoms with Crippen molar-refractivity contribution in [3.8, 4) is 0 Å². The molecule has 0 amide bonds. The van der Waals surface area contributed by atoms with Gasteiger partial charge in [-0.2, -0.15) is 0 Å². The maximum absolute atomic E-state index is 5.46. The molecule has 0 N–H and O–H groups in total. The number of allylic oxidation sites excluding steroid dienone is 2. The third-order valence-corrected chi connectivity index (χ3v) is 3.31. The molecule has 3 heteroatoms. The largest absolute Gasteiger partial charge is 0.500 e. The molecule has 0 fully saturated rings. The van der Waals surface area contributed by atoms with Crippen LogP contribution in [0.15, 0.2) is 48.8 Å². The molecule has 0 saturated carbocycles. The summed E-state index contributed by atoms with van der Waals surface area (Å²) in [6.45, 7) is 9.50. The number of methoxy groups -OCH3 is 1. The first-order valence-electron chi connectivity index (χ1n) is 7.30. The van der Waals surface area contributed by atoms with E-state index in [0.29, 0.717) is 0 Å². The van der Waals surface area contributed by atoms with Gasteiger partial charge in [0.1, 0.15) is 0 Å². The summed E-state index contributed by atoms with van der Waals surface area (Å²) in [5.41, 5.74) is 1.36. The van der Waals surface area contributed by atoms with E-state index in [1.807, 2.05) is 12.2 Å². The van der Waals surface area contributed by atoms with Crippen LogP contribution >= 0.6 is 0 Å². The number of likely N-dealkylation sites (N-methyl/N-ethyl adjacent to an activating group) is 1. The molecular weight excluding hydrogens is 250 g/mol. The highest BCUT2D eigenvalue weighted by Crippen LogP contribution is 2.13. The SMILES string of the molecule is C=CC/C=C\OCCN(CC)CC1=CCC(OC)C=C1. The van der Waals surface area contributed by atoms with Crippen LogP contribution in [0.4, 0.5) is 0 Å². The Morgan fingerprint density at radius 1 is 1.50 bits per heavy atom. The van der Waals surface area contributed by atoms with Gasteiger partial charge in [-0.3, -0.25) is 4.90 Å². The first-order chi connectivity index (χ1) is 9.80. The molecule has 0 aromatic rings. The van der Waals surface area contributed by atoms with E-state index in [2.05, 4.69) is 36.6 Å². The topological polar surface area (TPSA) is 21.7 Å². The predicted octanol–water partition coefficient (Wildman–Crippen LogP) is 3.32. The maximum atomic E-state index is 5.46. The first-order valence-corrected chi connectivity index (χ1v) is 7.30. The molecule has 1 atom stereocenters. The molecule has 0 heterocycles. The lowest BCUT2D eigenvalue weighted by Crippen LogP contribution is -2.29. The van der Waals surface area contributed by atoms with Gasteiger partial charge in [-0.1, -0.05) is 31.2 Å². The molecule has 1 aliphatic rings. The van der Waals surface area contributed by atoms with E-state index < -0.39 is 0 Å². The van der Waals surface area contributed by atoms with E-state index in [1.165, 1.54) is 5.57 Å². The molecule has 1 aliphatic carbocycles. The molecule has 0 saturated heterocycles. The number of hydrogen-bond acceptors (Lipinski definition) is 3. The molecule has 20 heavy (non-hydrogen) atoms.